The average Bonchev–Trinajstić information content (AvgIpc) is 2.60. The van der Waals surface area contributed by atoms with Crippen molar-refractivity contribution in [1.82, 2.24) is 9.97 Å². The zero-order valence-electron chi connectivity index (χ0n) is 13.3. The fourth-order valence-corrected chi connectivity index (χ4v) is 3.00. The average molecular weight is 375 g/mol. The monoisotopic (exact) mass is 374 g/mol. The van der Waals surface area contributed by atoms with E-state index in [2.05, 4.69) is 15.0 Å². The number of fused-ring (bicyclic) bond motifs is 1. The number of thioether (sulfide) groups is 1. The van der Waals surface area contributed by atoms with Gasteiger partial charge in [-0.3, -0.25) is 4.79 Å². The van der Waals surface area contributed by atoms with Gasteiger partial charge in [-0.1, -0.05) is 35.5 Å². The van der Waals surface area contributed by atoms with Crippen LogP contribution in [-0.2, 0) is 5.75 Å². The molecule has 2 aromatic carbocycles. The van der Waals surface area contributed by atoms with Crippen molar-refractivity contribution in [3.05, 3.63) is 63.7 Å². The second-order valence-corrected chi connectivity index (χ2v) is 6.52. The fourth-order valence-electron chi connectivity index (χ4n) is 2.24. The number of aromatic nitrogens is 2. The number of para-hydroxylation sites is 2. The zero-order chi connectivity index (χ0) is 17.8. The number of hydrogen-bond acceptors (Lipinski definition) is 5. The van der Waals surface area contributed by atoms with Crippen LogP contribution >= 0.6 is 23.4 Å². The van der Waals surface area contributed by atoms with Gasteiger partial charge in [0.15, 0.2) is 5.17 Å². The zero-order valence-corrected chi connectivity index (χ0v) is 14.9. The minimum Gasteiger partial charge on any atom is -0.494 e. The maximum atomic E-state index is 12.1. The summed E-state index contributed by atoms with van der Waals surface area (Å²) in [5, 5.41) is 1.37. The SMILES string of the molecule is COc1ccccc1N=C(N)SCc1nc2cc(Cl)ccc2c(=O)[nH]1. The highest BCUT2D eigenvalue weighted by Crippen LogP contribution is 2.27. The molecule has 0 unspecified atom stereocenters. The first-order valence-electron chi connectivity index (χ1n) is 7.35. The fraction of sp³-hybridized carbons (Fsp3) is 0.118. The third kappa shape index (κ3) is 4.12. The van der Waals surface area contributed by atoms with Crippen molar-refractivity contribution in [2.75, 3.05) is 7.11 Å². The molecule has 0 atom stereocenters. The van der Waals surface area contributed by atoms with Crippen LogP contribution in [0.15, 0.2) is 52.3 Å². The summed E-state index contributed by atoms with van der Waals surface area (Å²) < 4.78 is 5.24. The number of ether oxygens (including phenoxy) is 1. The molecule has 0 aliphatic rings. The molecular formula is C17H15ClN4O2S. The molecule has 0 saturated carbocycles. The number of rotatable bonds is 4. The minimum absolute atomic E-state index is 0.211. The Hall–Kier alpha value is -2.51. The lowest BCUT2D eigenvalue weighted by atomic mass is 10.2. The van der Waals surface area contributed by atoms with Gasteiger partial charge < -0.3 is 15.5 Å². The number of nitrogens with zero attached hydrogens (tertiary/aromatic N) is 2. The predicted molar refractivity (Wildman–Crippen MR) is 103 cm³/mol. The van der Waals surface area contributed by atoms with Crippen LogP contribution in [0.25, 0.3) is 10.9 Å². The highest BCUT2D eigenvalue weighted by atomic mass is 35.5. The number of halogens is 1. The lowest BCUT2D eigenvalue weighted by Crippen LogP contribution is -2.13. The van der Waals surface area contributed by atoms with Crippen LogP contribution in [-0.4, -0.2) is 22.2 Å². The van der Waals surface area contributed by atoms with Crippen molar-refractivity contribution in [1.29, 1.82) is 0 Å². The van der Waals surface area contributed by atoms with Gasteiger partial charge in [0, 0.05) is 5.02 Å². The lowest BCUT2D eigenvalue weighted by Gasteiger charge is -2.06. The van der Waals surface area contributed by atoms with Gasteiger partial charge in [-0.05, 0) is 30.3 Å². The van der Waals surface area contributed by atoms with Gasteiger partial charge in [0.2, 0.25) is 0 Å². The number of hydrogen-bond donors (Lipinski definition) is 2. The summed E-state index contributed by atoms with van der Waals surface area (Å²) in [5.74, 6) is 1.52. The van der Waals surface area contributed by atoms with E-state index in [0.29, 0.717) is 44.1 Å². The van der Waals surface area contributed by atoms with E-state index in [1.165, 1.54) is 11.8 Å². The Morgan fingerprint density at radius 3 is 2.96 bits per heavy atom. The summed E-state index contributed by atoms with van der Waals surface area (Å²) in [6.45, 7) is 0. The van der Waals surface area contributed by atoms with E-state index in [-0.39, 0.29) is 5.56 Å². The second kappa shape index (κ2) is 7.58. The van der Waals surface area contributed by atoms with Crippen LogP contribution < -0.4 is 16.0 Å². The molecule has 8 heteroatoms. The molecule has 0 aliphatic heterocycles. The molecule has 0 spiro atoms. The smallest absolute Gasteiger partial charge is 0.258 e. The van der Waals surface area contributed by atoms with Gasteiger partial charge in [0.1, 0.15) is 17.3 Å². The largest absolute Gasteiger partial charge is 0.494 e. The van der Waals surface area contributed by atoms with Crippen LogP contribution in [0.3, 0.4) is 0 Å². The molecule has 1 heterocycles. The van der Waals surface area contributed by atoms with E-state index in [1.54, 1.807) is 25.3 Å². The first kappa shape index (κ1) is 17.3. The third-order valence-corrected chi connectivity index (χ3v) is 4.43. The number of nitrogens with two attached hydrogens (primary N) is 1. The quantitative estimate of drug-likeness (QED) is 0.538. The Morgan fingerprint density at radius 2 is 2.16 bits per heavy atom. The van der Waals surface area contributed by atoms with E-state index in [4.69, 9.17) is 22.1 Å². The van der Waals surface area contributed by atoms with Gasteiger partial charge in [-0.15, -0.1) is 0 Å². The summed E-state index contributed by atoms with van der Waals surface area (Å²) >= 11 is 7.23. The van der Waals surface area contributed by atoms with Crippen LogP contribution in [0.4, 0.5) is 5.69 Å². The number of amidine groups is 1. The summed E-state index contributed by atoms with van der Waals surface area (Å²) in [5.41, 5.74) is 6.95. The van der Waals surface area contributed by atoms with Gasteiger partial charge in [-0.2, -0.15) is 0 Å². The Balaban J connectivity index is 1.80. The topological polar surface area (TPSA) is 93.4 Å². The Bertz CT molecular complexity index is 1000. The van der Waals surface area contributed by atoms with Crippen molar-refractivity contribution in [3.8, 4) is 5.75 Å². The van der Waals surface area contributed by atoms with Gasteiger partial charge in [0.05, 0.1) is 23.8 Å². The number of aromatic amines is 1. The van der Waals surface area contributed by atoms with Crippen LogP contribution in [0.5, 0.6) is 5.75 Å². The van der Waals surface area contributed by atoms with Crippen LogP contribution in [0, 0.1) is 0 Å². The van der Waals surface area contributed by atoms with E-state index < -0.39 is 0 Å². The van der Waals surface area contributed by atoms with E-state index >= 15 is 0 Å². The summed E-state index contributed by atoms with van der Waals surface area (Å²) in [6, 6.07) is 12.3. The van der Waals surface area contributed by atoms with Gasteiger partial charge in [-0.25, -0.2) is 9.98 Å². The molecule has 1 aromatic heterocycles. The van der Waals surface area contributed by atoms with Crippen molar-refractivity contribution in [3.63, 3.8) is 0 Å². The normalized spacial score (nSPS) is 11.7. The number of methoxy groups -OCH3 is 1. The molecule has 3 N–H and O–H groups in total. The molecule has 25 heavy (non-hydrogen) atoms. The summed E-state index contributed by atoms with van der Waals surface area (Å²) in [6.07, 6.45) is 0. The molecule has 0 fully saturated rings. The van der Waals surface area contributed by atoms with E-state index in [9.17, 15) is 4.79 Å². The highest BCUT2D eigenvalue weighted by molar-refractivity contribution is 8.13. The number of aliphatic imine (C=N–C) groups is 1. The highest BCUT2D eigenvalue weighted by Gasteiger charge is 2.07. The number of H-pyrrole nitrogens is 1. The molecule has 0 radical (unpaired) electrons. The third-order valence-electron chi connectivity index (χ3n) is 3.39. The summed E-state index contributed by atoms with van der Waals surface area (Å²) in [4.78, 5) is 23.6. The molecular weight excluding hydrogens is 360 g/mol. The van der Waals surface area contributed by atoms with Crippen molar-refractivity contribution < 1.29 is 4.74 Å². The molecule has 0 bridgehead atoms. The van der Waals surface area contributed by atoms with Gasteiger partial charge in [0.25, 0.3) is 5.56 Å². The Kier molecular flexibility index (Phi) is 5.25. The molecule has 6 nitrogen and oxygen atoms in total. The van der Waals surface area contributed by atoms with Crippen LogP contribution in [0.2, 0.25) is 5.02 Å². The number of nitrogens with one attached hydrogen (secondary N) is 1. The lowest BCUT2D eigenvalue weighted by molar-refractivity contribution is 0.416. The van der Waals surface area contributed by atoms with E-state index in [0.717, 1.165) is 0 Å². The van der Waals surface area contributed by atoms with Crippen molar-refractivity contribution in [2.24, 2.45) is 10.7 Å². The predicted octanol–water partition coefficient (Wildman–Crippen LogP) is 3.46. The molecule has 0 saturated heterocycles. The number of benzene rings is 2. The molecule has 0 amide bonds. The first-order valence-corrected chi connectivity index (χ1v) is 8.71. The standard InChI is InChI=1S/C17H15ClN4O2S/c1-24-14-5-3-2-4-12(14)21-17(19)25-9-15-20-13-8-10(18)6-7-11(13)16(23)22-15/h2-8H,9H2,1H3,(H2,19,21)(H,20,22,23). The summed E-state index contributed by atoms with van der Waals surface area (Å²) in [7, 11) is 1.58. The molecule has 128 valence electrons. The maximum absolute atomic E-state index is 12.1. The Labute approximate surface area is 153 Å². The van der Waals surface area contributed by atoms with Crippen molar-refractivity contribution >= 4 is 45.1 Å². The van der Waals surface area contributed by atoms with Gasteiger partial charge >= 0.3 is 0 Å². The second-order valence-electron chi connectivity index (χ2n) is 5.08. The molecule has 0 aliphatic carbocycles. The van der Waals surface area contributed by atoms with Crippen LogP contribution in [0.1, 0.15) is 5.82 Å². The van der Waals surface area contributed by atoms with Crippen molar-refractivity contribution in [2.45, 2.75) is 5.75 Å². The molecule has 3 aromatic rings. The maximum Gasteiger partial charge on any atom is 0.258 e. The Morgan fingerprint density at radius 1 is 1.36 bits per heavy atom. The van der Waals surface area contributed by atoms with E-state index in [1.807, 2.05) is 24.3 Å². The first-order chi connectivity index (χ1) is 12.1. The molecule has 3 rings (SSSR count). The minimum atomic E-state index is -0.211.